The van der Waals surface area contributed by atoms with Gasteiger partial charge in [-0.3, -0.25) is 0 Å². The third kappa shape index (κ3) is 2.97. The van der Waals surface area contributed by atoms with Crippen LogP contribution in [0.5, 0.6) is 0 Å². The molecule has 1 N–H and O–H groups in total. The Morgan fingerprint density at radius 1 is 1.35 bits per heavy atom. The first kappa shape index (κ1) is 12.4. The molecule has 0 bridgehead atoms. The Labute approximate surface area is 107 Å². The average molecular weight is 256 g/mol. The van der Waals surface area contributed by atoms with Crippen molar-refractivity contribution in [3.8, 4) is 0 Å². The summed E-state index contributed by atoms with van der Waals surface area (Å²) in [5.41, 5.74) is 0. The van der Waals surface area contributed by atoms with Gasteiger partial charge in [-0.2, -0.15) is 15.0 Å². The fourth-order valence-corrected chi connectivity index (χ4v) is 2.26. The van der Waals surface area contributed by atoms with Gasteiger partial charge in [0.05, 0.1) is 0 Å². The number of nitrogens with zero attached hydrogens (tertiary/aromatic N) is 4. The molecule has 1 aliphatic rings. The molecule has 1 fully saturated rings. The van der Waals surface area contributed by atoms with Crippen LogP contribution < -0.4 is 10.2 Å². The van der Waals surface area contributed by atoms with Crippen LogP contribution in [0.3, 0.4) is 0 Å². The first-order chi connectivity index (χ1) is 8.20. The van der Waals surface area contributed by atoms with Gasteiger partial charge in [-0.1, -0.05) is 0 Å². The van der Waals surface area contributed by atoms with Crippen molar-refractivity contribution in [1.82, 2.24) is 15.0 Å². The molecule has 1 saturated heterocycles. The van der Waals surface area contributed by atoms with Crippen molar-refractivity contribution in [2.24, 2.45) is 0 Å². The quantitative estimate of drug-likeness (QED) is 0.899. The number of hydrogen-bond donors (Lipinski definition) is 1. The fourth-order valence-electron chi connectivity index (χ4n) is 2.10. The van der Waals surface area contributed by atoms with Crippen LogP contribution in [0, 0.1) is 0 Å². The van der Waals surface area contributed by atoms with Crippen LogP contribution in [-0.4, -0.2) is 34.1 Å². The molecular weight excluding hydrogens is 238 g/mol. The van der Waals surface area contributed by atoms with Gasteiger partial charge >= 0.3 is 0 Å². The van der Waals surface area contributed by atoms with Crippen LogP contribution in [0.15, 0.2) is 0 Å². The van der Waals surface area contributed by atoms with Crippen molar-refractivity contribution in [2.75, 3.05) is 23.3 Å². The zero-order valence-electron chi connectivity index (χ0n) is 10.3. The second-order valence-electron chi connectivity index (χ2n) is 4.30. The fraction of sp³-hybridized carbons (Fsp3) is 0.727. The zero-order chi connectivity index (χ0) is 12.3. The predicted octanol–water partition coefficient (Wildman–Crippen LogP) is 2.34. The third-order valence-corrected chi connectivity index (χ3v) is 3.16. The summed E-state index contributed by atoms with van der Waals surface area (Å²) < 4.78 is 0. The van der Waals surface area contributed by atoms with Gasteiger partial charge in [-0.15, -0.1) is 0 Å². The largest absolute Gasteiger partial charge is 0.354 e. The van der Waals surface area contributed by atoms with Crippen molar-refractivity contribution in [1.29, 1.82) is 0 Å². The highest BCUT2D eigenvalue weighted by atomic mass is 35.5. The van der Waals surface area contributed by atoms with Crippen LogP contribution in [0.1, 0.15) is 33.1 Å². The lowest BCUT2D eigenvalue weighted by Gasteiger charge is -2.33. The Kier molecular flexibility index (Phi) is 3.99. The summed E-state index contributed by atoms with van der Waals surface area (Å²) in [6.45, 7) is 5.97. The highest BCUT2D eigenvalue weighted by Gasteiger charge is 2.21. The van der Waals surface area contributed by atoms with Crippen molar-refractivity contribution >= 4 is 23.5 Å². The summed E-state index contributed by atoms with van der Waals surface area (Å²) in [5.74, 6) is 1.24. The molecule has 0 saturated carbocycles. The number of aromatic nitrogens is 3. The smallest absolute Gasteiger partial charge is 0.231 e. The molecule has 0 spiro atoms. The minimum absolute atomic E-state index is 0.253. The molecule has 1 unspecified atom stereocenters. The Hall–Kier alpha value is -1.10. The lowest BCUT2D eigenvalue weighted by Crippen LogP contribution is -2.38. The van der Waals surface area contributed by atoms with Gasteiger partial charge in [-0.05, 0) is 44.7 Å². The van der Waals surface area contributed by atoms with E-state index in [1.165, 1.54) is 19.3 Å². The second-order valence-corrected chi connectivity index (χ2v) is 4.63. The van der Waals surface area contributed by atoms with E-state index in [1.807, 2.05) is 6.92 Å². The van der Waals surface area contributed by atoms with Crippen LogP contribution in [-0.2, 0) is 0 Å². The van der Waals surface area contributed by atoms with E-state index in [1.54, 1.807) is 0 Å². The topological polar surface area (TPSA) is 53.9 Å². The highest BCUT2D eigenvalue weighted by Crippen LogP contribution is 2.22. The maximum Gasteiger partial charge on any atom is 0.231 e. The lowest BCUT2D eigenvalue weighted by atomic mass is 10.0. The first-order valence-corrected chi connectivity index (χ1v) is 6.50. The van der Waals surface area contributed by atoms with Gasteiger partial charge < -0.3 is 10.2 Å². The van der Waals surface area contributed by atoms with Crippen LogP contribution in [0.25, 0.3) is 0 Å². The maximum absolute atomic E-state index is 5.92. The van der Waals surface area contributed by atoms with E-state index in [0.29, 0.717) is 17.9 Å². The van der Waals surface area contributed by atoms with Crippen molar-refractivity contribution in [3.05, 3.63) is 5.28 Å². The number of nitrogens with one attached hydrogen (secondary N) is 1. The number of piperidine rings is 1. The summed E-state index contributed by atoms with van der Waals surface area (Å²) in [7, 11) is 0. The number of rotatable bonds is 3. The lowest BCUT2D eigenvalue weighted by molar-refractivity contribution is 0.476. The first-order valence-electron chi connectivity index (χ1n) is 6.12. The van der Waals surface area contributed by atoms with Gasteiger partial charge in [0.1, 0.15) is 0 Å². The van der Waals surface area contributed by atoms with Crippen molar-refractivity contribution in [3.63, 3.8) is 0 Å². The normalized spacial score (nSPS) is 20.4. The summed E-state index contributed by atoms with van der Waals surface area (Å²) in [4.78, 5) is 14.9. The van der Waals surface area contributed by atoms with Gasteiger partial charge in [0.25, 0.3) is 0 Å². The Balaban J connectivity index is 2.24. The molecule has 0 amide bonds. The highest BCUT2D eigenvalue weighted by molar-refractivity contribution is 6.28. The summed E-state index contributed by atoms with van der Waals surface area (Å²) >= 11 is 5.92. The van der Waals surface area contributed by atoms with E-state index >= 15 is 0 Å². The number of anilines is 2. The van der Waals surface area contributed by atoms with E-state index in [2.05, 4.69) is 32.1 Å². The molecule has 1 aliphatic heterocycles. The van der Waals surface area contributed by atoms with Gasteiger partial charge in [0.15, 0.2) is 0 Å². The van der Waals surface area contributed by atoms with E-state index in [-0.39, 0.29) is 5.28 Å². The second kappa shape index (κ2) is 5.49. The van der Waals surface area contributed by atoms with Crippen molar-refractivity contribution in [2.45, 2.75) is 39.2 Å². The molecule has 17 heavy (non-hydrogen) atoms. The average Bonchev–Trinajstić information content (AvgIpc) is 2.29. The molecule has 2 rings (SSSR count). The molecule has 0 aliphatic carbocycles. The summed E-state index contributed by atoms with van der Waals surface area (Å²) in [6.07, 6.45) is 3.64. The predicted molar refractivity (Wildman–Crippen MR) is 69.7 cm³/mol. The minimum Gasteiger partial charge on any atom is -0.354 e. The molecule has 1 aromatic heterocycles. The monoisotopic (exact) mass is 255 g/mol. The molecule has 94 valence electrons. The SMILES string of the molecule is CCNc1nc(Cl)nc(N2CCCCC2C)n1. The number of halogens is 1. The van der Waals surface area contributed by atoms with E-state index in [4.69, 9.17) is 11.6 Å². The van der Waals surface area contributed by atoms with E-state index < -0.39 is 0 Å². The van der Waals surface area contributed by atoms with Gasteiger partial charge in [0.2, 0.25) is 17.2 Å². The third-order valence-electron chi connectivity index (χ3n) is 2.99. The summed E-state index contributed by atoms with van der Waals surface area (Å²) in [6, 6.07) is 0.469. The Morgan fingerprint density at radius 3 is 2.88 bits per heavy atom. The Morgan fingerprint density at radius 2 is 2.18 bits per heavy atom. The molecule has 1 aromatic rings. The molecule has 0 aromatic carbocycles. The van der Waals surface area contributed by atoms with Gasteiger partial charge in [0, 0.05) is 19.1 Å². The molecule has 5 nitrogen and oxygen atoms in total. The van der Waals surface area contributed by atoms with E-state index in [9.17, 15) is 0 Å². The number of hydrogen-bond acceptors (Lipinski definition) is 5. The summed E-state index contributed by atoms with van der Waals surface area (Å²) in [5, 5.41) is 3.32. The van der Waals surface area contributed by atoms with E-state index in [0.717, 1.165) is 13.1 Å². The Bertz CT molecular complexity index is 384. The maximum atomic E-state index is 5.92. The molecule has 0 radical (unpaired) electrons. The van der Waals surface area contributed by atoms with Crippen molar-refractivity contribution < 1.29 is 0 Å². The molecule has 1 atom stereocenters. The molecular formula is C11H18ClN5. The van der Waals surface area contributed by atoms with Crippen LogP contribution in [0.4, 0.5) is 11.9 Å². The van der Waals surface area contributed by atoms with Crippen LogP contribution in [0.2, 0.25) is 5.28 Å². The standard InChI is InChI=1S/C11H18ClN5/c1-3-13-10-14-9(12)15-11(16-10)17-7-5-4-6-8(17)2/h8H,3-7H2,1-2H3,(H,13,14,15,16). The zero-order valence-corrected chi connectivity index (χ0v) is 11.0. The van der Waals surface area contributed by atoms with Crippen LogP contribution >= 0.6 is 11.6 Å². The van der Waals surface area contributed by atoms with Gasteiger partial charge in [-0.25, -0.2) is 0 Å². The minimum atomic E-state index is 0.253. The molecule has 2 heterocycles. The molecule has 6 heteroatoms.